The Hall–Kier alpha value is -2.37. The van der Waals surface area contributed by atoms with Gasteiger partial charge in [0.2, 0.25) is 0 Å². The summed E-state index contributed by atoms with van der Waals surface area (Å²) in [6.07, 6.45) is 2.90. The second-order valence-corrected chi connectivity index (χ2v) is 3.32. The lowest BCUT2D eigenvalue weighted by Crippen LogP contribution is -2.21. The molecule has 2 heterocycles. The van der Waals surface area contributed by atoms with Crippen molar-refractivity contribution in [1.82, 2.24) is 15.2 Å². The number of H-pyrrole nitrogens is 2. The molecule has 0 aliphatic heterocycles. The van der Waals surface area contributed by atoms with Gasteiger partial charge in [-0.2, -0.15) is 5.10 Å². The highest BCUT2D eigenvalue weighted by Gasteiger charge is 2.10. The number of amides is 1. The third kappa shape index (κ3) is 2.00. The van der Waals surface area contributed by atoms with Crippen molar-refractivity contribution in [2.45, 2.75) is 6.92 Å². The molecule has 0 atom stereocenters. The Morgan fingerprint density at radius 2 is 2.31 bits per heavy atom. The lowest BCUT2D eigenvalue weighted by molar-refractivity contribution is 0.102. The maximum Gasteiger partial charge on any atom is 0.262 e. The number of aromatic nitrogens is 3. The summed E-state index contributed by atoms with van der Waals surface area (Å²) in [7, 11) is 0. The van der Waals surface area contributed by atoms with Crippen LogP contribution in [-0.2, 0) is 0 Å². The maximum absolute atomic E-state index is 11.7. The van der Waals surface area contributed by atoms with Gasteiger partial charge in [0.15, 0.2) is 5.43 Å². The van der Waals surface area contributed by atoms with E-state index in [9.17, 15) is 9.59 Å². The zero-order valence-electron chi connectivity index (χ0n) is 8.57. The van der Waals surface area contributed by atoms with Crippen molar-refractivity contribution in [3.8, 4) is 0 Å². The summed E-state index contributed by atoms with van der Waals surface area (Å²) in [6.45, 7) is 1.75. The highest BCUT2D eigenvalue weighted by atomic mass is 16.2. The molecule has 0 bridgehead atoms. The molecule has 2 aromatic rings. The molecule has 0 spiro atoms. The zero-order chi connectivity index (χ0) is 11.5. The van der Waals surface area contributed by atoms with Gasteiger partial charge in [-0.3, -0.25) is 14.7 Å². The van der Waals surface area contributed by atoms with Crippen LogP contribution in [-0.4, -0.2) is 21.1 Å². The second-order valence-electron chi connectivity index (χ2n) is 3.32. The smallest absolute Gasteiger partial charge is 0.262 e. The van der Waals surface area contributed by atoms with Gasteiger partial charge in [0.1, 0.15) is 11.4 Å². The molecule has 1 amide bonds. The van der Waals surface area contributed by atoms with Crippen molar-refractivity contribution >= 4 is 11.7 Å². The van der Waals surface area contributed by atoms with Crippen LogP contribution in [0.2, 0.25) is 0 Å². The molecular weight excluding hydrogens is 208 g/mol. The van der Waals surface area contributed by atoms with E-state index in [4.69, 9.17) is 0 Å². The molecule has 16 heavy (non-hydrogen) atoms. The predicted octanol–water partition coefficient (Wildman–Crippen LogP) is 0.659. The number of hydrogen-bond donors (Lipinski definition) is 3. The Morgan fingerprint density at radius 1 is 1.50 bits per heavy atom. The number of nitrogens with zero attached hydrogens (tertiary/aromatic N) is 1. The lowest BCUT2D eigenvalue weighted by Gasteiger charge is -2.01. The molecule has 0 fully saturated rings. The fourth-order valence-electron chi connectivity index (χ4n) is 1.27. The van der Waals surface area contributed by atoms with E-state index in [-0.39, 0.29) is 11.0 Å². The van der Waals surface area contributed by atoms with Crippen molar-refractivity contribution in [3.05, 3.63) is 46.0 Å². The average molecular weight is 218 g/mol. The van der Waals surface area contributed by atoms with Crippen molar-refractivity contribution < 1.29 is 4.79 Å². The van der Waals surface area contributed by atoms with E-state index in [1.807, 2.05) is 0 Å². The number of pyridine rings is 1. The Labute approximate surface area is 90.7 Å². The third-order valence-electron chi connectivity index (χ3n) is 2.05. The monoisotopic (exact) mass is 218 g/mol. The first kappa shape index (κ1) is 10.2. The fraction of sp³-hybridized carbons (Fsp3) is 0.100. The summed E-state index contributed by atoms with van der Waals surface area (Å²) in [5.74, 6) is -0.0181. The van der Waals surface area contributed by atoms with E-state index in [2.05, 4.69) is 20.5 Å². The minimum absolute atomic E-state index is 0.0696. The average Bonchev–Trinajstić information content (AvgIpc) is 2.70. The van der Waals surface area contributed by atoms with Gasteiger partial charge < -0.3 is 10.3 Å². The number of aryl methyl sites for hydroxylation is 1. The van der Waals surface area contributed by atoms with Gasteiger partial charge in [-0.15, -0.1) is 0 Å². The van der Waals surface area contributed by atoms with Crippen molar-refractivity contribution in [3.63, 3.8) is 0 Å². The maximum atomic E-state index is 11.7. The van der Waals surface area contributed by atoms with Crippen LogP contribution in [0.5, 0.6) is 0 Å². The normalized spacial score (nSPS) is 10.1. The predicted molar refractivity (Wildman–Crippen MR) is 58.3 cm³/mol. The van der Waals surface area contributed by atoms with Gasteiger partial charge >= 0.3 is 0 Å². The minimum Gasteiger partial charge on any atom is -0.364 e. The number of carbonyl (C=O) groups is 1. The topological polar surface area (TPSA) is 90.6 Å². The summed E-state index contributed by atoms with van der Waals surface area (Å²) < 4.78 is 0. The summed E-state index contributed by atoms with van der Waals surface area (Å²) in [4.78, 5) is 26.0. The first-order valence-electron chi connectivity index (χ1n) is 4.67. The van der Waals surface area contributed by atoms with Crippen LogP contribution in [0.15, 0.2) is 29.3 Å². The minimum atomic E-state index is -0.467. The van der Waals surface area contributed by atoms with Gasteiger partial charge in [0.05, 0.1) is 6.20 Å². The van der Waals surface area contributed by atoms with Crippen LogP contribution >= 0.6 is 0 Å². The van der Waals surface area contributed by atoms with Crippen LogP contribution in [0.3, 0.4) is 0 Å². The largest absolute Gasteiger partial charge is 0.364 e. The molecule has 6 nitrogen and oxygen atoms in total. The molecular formula is C10H10N4O2. The lowest BCUT2D eigenvalue weighted by atomic mass is 10.2. The van der Waals surface area contributed by atoms with Crippen molar-refractivity contribution in [2.24, 2.45) is 0 Å². The Morgan fingerprint density at radius 3 is 2.94 bits per heavy atom. The Balaban J connectivity index is 2.25. The summed E-state index contributed by atoms with van der Waals surface area (Å²) in [6, 6.07) is 2.97. The van der Waals surface area contributed by atoms with E-state index in [0.29, 0.717) is 11.5 Å². The first-order chi connectivity index (χ1) is 7.66. The van der Waals surface area contributed by atoms with Gasteiger partial charge in [-0.1, -0.05) is 0 Å². The molecule has 6 heteroatoms. The Bertz CT molecular complexity index is 556. The Kier molecular flexibility index (Phi) is 2.55. The molecule has 0 radical (unpaired) electrons. The number of nitrogens with one attached hydrogen (secondary N) is 3. The van der Waals surface area contributed by atoms with Gasteiger partial charge in [0.25, 0.3) is 5.91 Å². The number of carbonyl (C=O) groups excluding carboxylic acids is 1. The standard InChI is InChI=1S/C10H10N4O2/c1-6-4-8(15)7(5-11-6)10(16)13-9-2-3-12-14-9/h2-5H,1H3,(H,11,15)(H2,12,13,14,16). The van der Waals surface area contributed by atoms with Gasteiger partial charge in [-0.05, 0) is 6.92 Å². The van der Waals surface area contributed by atoms with E-state index >= 15 is 0 Å². The van der Waals surface area contributed by atoms with Gasteiger partial charge in [0, 0.05) is 24.0 Å². The number of hydrogen-bond acceptors (Lipinski definition) is 3. The number of anilines is 1. The summed E-state index contributed by atoms with van der Waals surface area (Å²) >= 11 is 0. The SMILES string of the molecule is Cc1cc(=O)c(C(=O)Nc2ccn[nH]2)c[nH]1. The van der Waals surface area contributed by atoms with Crippen LogP contribution in [0.25, 0.3) is 0 Å². The molecule has 0 aromatic carbocycles. The van der Waals surface area contributed by atoms with E-state index in [1.54, 1.807) is 13.0 Å². The van der Waals surface area contributed by atoms with E-state index in [0.717, 1.165) is 0 Å². The zero-order valence-corrected chi connectivity index (χ0v) is 8.57. The molecule has 0 saturated heterocycles. The van der Waals surface area contributed by atoms with Crippen LogP contribution in [0, 0.1) is 6.92 Å². The summed E-state index contributed by atoms with van der Waals surface area (Å²) in [5.41, 5.74) is 0.469. The first-order valence-corrected chi connectivity index (χ1v) is 4.67. The van der Waals surface area contributed by atoms with Crippen LogP contribution in [0.1, 0.15) is 16.1 Å². The fourth-order valence-corrected chi connectivity index (χ4v) is 1.27. The molecule has 3 N–H and O–H groups in total. The third-order valence-corrected chi connectivity index (χ3v) is 2.05. The molecule has 82 valence electrons. The number of rotatable bonds is 2. The highest BCUT2D eigenvalue weighted by Crippen LogP contribution is 2.01. The van der Waals surface area contributed by atoms with E-state index < -0.39 is 5.91 Å². The van der Waals surface area contributed by atoms with Gasteiger partial charge in [-0.25, -0.2) is 0 Å². The van der Waals surface area contributed by atoms with Crippen LogP contribution < -0.4 is 10.7 Å². The molecule has 2 rings (SSSR count). The number of aromatic amines is 2. The highest BCUT2D eigenvalue weighted by molar-refractivity contribution is 6.03. The summed E-state index contributed by atoms with van der Waals surface area (Å²) in [5, 5.41) is 8.78. The quantitative estimate of drug-likeness (QED) is 0.691. The van der Waals surface area contributed by atoms with Crippen molar-refractivity contribution in [1.29, 1.82) is 0 Å². The molecule has 2 aromatic heterocycles. The molecule has 0 unspecified atom stereocenters. The molecule has 0 aliphatic carbocycles. The molecule has 0 saturated carbocycles. The van der Waals surface area contributed by atoms with Crippen LogP contribution in [0.4, 0.5) is 5.82 Å². The molecule has 0 aliphatic rings. The van der Waals surface area contributed by atoms with Crippen molar-refractivity contribution in [2.75, 3.05) is 5.32 Å². The second kappa shape index (κ2) is 4.01. The van der Waals surface area contributed by atoms with E-state index in [1.165, 1.54) is 18.5 Å².